The summed E-state index contributed by atoms with van der Waals surface area (Å²) in [5.74, 6) is -0.230. The third kappa shape index (κ3) is 4.34. The molecule has 0 atom stereocenters. The number of hydrogen-bond acceptors (Lipinski definition) is 6. The Bertz CT molecular complexity index is 1080. The van der Waals surface area contributed by atoms with Gasteiger partial charge in [-0.3, -0.25) is 14.5 Å². The molecule has 0 bridgehead atoms. The summed E-state index contributed by atoms with van der Waals surface area (Å²) >= 11 is 1.59. The molecule has 0 unspecified atom stereocenters. The van der Waals surface area contributed by atoms with E-state index in [0.717, 1.165) is 48.1 Å². The van der Waals surface area contributed by atoms with Gasteiger partial charge in [-0.1, -0.05) is 12.1 Å². The van der Waals surface area contributed by atoms with Crippen LogP contribution in [0.15, 0.2) is 41.3 Å². The zero-order valence-electron chi connectivity index (χ0n) is 16.2. The predicted octanol–water partition coefficient (Wildman–Crippen LogP) is 2.07. The highest BCUT2D eigenvalue weighted by Crippen LogP contribution is 2.25. The molecule has 0 saturated carbocycles. The third-order valence-corrected chi connectivity index (χ3v) is 6.22. The van der Waals surface area contributed by atoms with E-state index >= 15 is 0 Å². The molecular weight excluding hydrogens is 390 g/mol. The third-order valence-electron chi connectivity index (χ3n) is 5.01. The first-order valence-corrected chi connectivity index (χ1v) is 10.3. The Morgan fingerprint density at radius 3 is 2.69 bits per heavy atom. The van der Waals surface area contributed by atoms with Crippen molar-refractivity contribution < 1.29 is 14.6 Å². The fourth-order valence-electron chi connectivity index (χ4n) is 3.42. The average molecular weight is 413 g/mol. The van der Waals surface area contributed by atoms with Gasteiger partial charge < -0.3 is 19.7 Å². The molecule has 1 aromatic carbocycles. The number of carbonyl (C=O) groups excluding carboxylic acids is 1. The average Bonchev–Trinajstić information content (AvgIpc) is 3.15. The number of pyridine rings is 1. The van der Waals surface area contributed by atoms with Crippen molar-refractivity contribution in [3.63, 3.8) is 0 Å². The molecule has 1 aliphatic rings. The molecule has 1 saturated heterocycles. The highest BCUT2D eigenvalue weighted by Gasteiger charge is 2.18. The number of thiophene rings is 1. The van der Waals surface area contributed by atoms with Crippen LogP contribution in [0, 0.1) is 0 Å². The molecule has 29 heavy (non-hydrogen) atoms. The number of phenolic OH excluding ortho intramolecular Hbond substituents is 1. The van der Waals surface area contributed by atoms with Crippen LogP contribution >= 0.6 is 11.3 Å². The highest BCUT2D eigenvalue weighted by atomic mass is 32.1. The Kier molecular flexibility index (Phi) is 5.66. The fraction of sp³-hybridized carbons (Fsp3) is 0.333. The number of amides is 1. The van der Waals surface area contributed by atoms with Gasteiger partial charge in [0, 0.05) is 44.3 Å². The summed E-state index contributed by atoms with van der Waals surface area (Å²) in [5, 5.41) is 12.7. The minimum Gasteiger partial charge on any atom is -0.508 e. The van der Waals surface area contributed by atoms with Crippen molar-refractivity contribution in [1.29, 1.82) is 0 Å². The molecule has 3 aromatic rings. The van der Waals surface area contributed by atoms with E-state index in [9.17, 15) is 14.7 Å². The Morgan fingerprint density at radius 2 is 1.97 bits per heavy atom. The molecule has 0 radical (unpaired) electrons. The van der Waals surface area contributed by atoms with E-state index in [1.54, 1.807) is 41.8 Å². The van der Waals surface area contributed by atoms with Gasteiger partial charge in [-0.25, -0.2) is 0 Å². The van der Waals surface area contributed by atoms with Crippen molar-refractivity contribution in [2.24, 2.45) is 7.05 Å². The highest BCUT2D eigenvalue weighted by molar-refractivity contribution is 7.18. The summed E-state index contributed by atoms with van der Waals surface area (Å²) in [4.78, 5) is 29.9. The van der Waals surface area contributed by atoms with Gasteiger partial charge in [-0.2, -0.15) is 0 Å². The normalized spacial score (nSPS) is 14.9. The van der Waals surface area contributed by atoms with Gasteiger partial charge in [0.05, 0.1) is 18.6 Å². The number of aromatic hydroxyl groups is 1. The van der Waals surface area contributed by atoms with Crippen LogP contribution in [0.5, 0.6) is 5.75 Å². The summed E-state index contributed by atoms with van der Waals surface area (Å²) in [7, 11) is 1.85. The molecule has 1 amide bonds. The first kappa shape index (κ1) is 19.6. The number of aromatic nitrogens is 1. The molecule has 3 heterocycles. The molecular formula is C21H23N3O4S. The van der Waals surface area contributed by atoms with Gasteiger partial charge in [0.25, 0.3) is 5.91 Å². The Morgan fingerprint density at radius 1 is 1.24 bits per heavy atom. The second-order valence-corrected chi connectivity index (χ2v) is 8.27. The largest absolute Gasteiger partial charge is 0.508 e. The second kappa shape index (κ2) is 8.36. The number of hydrogen-bond donors (Lipinski definition) is 2. The van der Waals surface area contributed by atoms with Crippen LogP contribution < -0.4 is 10.7 Å². The quantitative estimate of drug-likeness (QED) is 0.669. The van der Waals surface area contributed by atoms with Crippen molar-refractivity contribution in [2.75, 3.05) is 26.3 Å². The summed E-state index contributed by atoms with van der Waals surface area (Å²) in [5.41, 5.74) is 0.734. The maximum atomic E-state index is 12.9. The molecule has 1 aliphatic heterocycles. The predicted molar refractivity (Wildman–Crippen MR) is 112 cm³/mol. The van der Waals surface area contributed by atoms with Crippen molar-refractivity contribution in [3.8, 4) is 5.75 Å². The number of phenols is 1. The lowest BCUT2D eigenvalue weighted by Crippen LogP contribution is -2.35. The number of fused-ring (bicyclic) bond motifs is 1. The van der Waals surface area contributed by atoms with Gasteiger partial charge in [0.2, 0.25) is 5.43 Å². The van der Waals surface area contributed by atoms with E-state index in [4.69, 9.17) is 4.74 Å². The van der Waals surface area contributed by atoms with E-state index in [1.165, 1.54) is 0 Å². The standard InChI is InChI=1S/C21H23N3O4S/c1-23-13-18(20(27)22-11-14-2-4-15(25)5-3-14)19(26)17-10-16(29-21(17)23)12-24-6-8-28-9-7-24/h2-5,10,13,25H,6-9,11-12H2,1H3,(H,22,27). The van der Waals surface area contributed by atoms with Crippen molar-refractivity contribution in [1.82, 2.24) is 14.8 Å². The summed E-state index contributed by atoms with van der Waals surface area (Å²) in [6.45, 7) is 4.30. The lowest BCUT2D eigenvalue weighted by Gasteiger charge is -2.25. The van der Waals surface area contributed by atoms with Crippen molar-refractivity contribution in [2.45, 2.75) is 13.1 Å². The number of nitrogens with one attached hydrogen (secondary N) is 1. The zero-order valence-corrected chi connectivity index (χ0v) is 17.0. The molecule has 0 spiro atoms. The van der Waals surface area contributed by atoms with Gasteiger partial charge >= 0.3 is 0 Å². The molecule has 0 aliphatic carbocycles. The molecule has 7 nitrogen and oxygen atoms in total. The smallest absolute Gasteiger partial charge is 0.257 e. The molecule has 4 rings (SSSR count). The number of rotatable bonds is 5. The molecule has 152 valence electrons. The van der Waals surface area contributed by atoms with Gasteiger partial charge in [0.15, 0.2) is 0 Å². The number of nitrogens with zero attached hydrogens (tertiary/aromatic N) is 2. The Balaban J connectivity index is 1.54. The zero-order chi connectivity index (χ0) is 20.4. The minimum atomic E-state index is -0.401. The van der Waals surface area contributed by atoms with Gasteiger partial charge in [0.1, 0.15) is 16.1 Å². The van der Waals surface area contributed by atoms with E-state index in [2.05, 4.69) is 10.2 Å². The fourth-order valence-corrected chi connectivity index (χ4v) is 4.55. The molecule has 2 aromatic heterocycles. The van der Waals surface area contributed by atoms with Crippen LogP contribution in [-0.2, 0) is 24.9 Å². The van der Waals surface area contributed by atoms with Crippen LogP contribution in [0.4, 0.5) is 0 Å². The summed E-state index contributed by atoms with van der Waals surface area (Å²) in [6, 6.07) is 8.50. The molecule has 1 fully saturated rings. The molecule has 2 N–H and O–H groups in total. The number of carbonyl (C=O) groups is 1. The summed E-state index contributed by atoms with van der Waals surface area (Å²) < 4.78 is 7.24. The Hall–Kier alpha value is -2.68. The van der Waals surface area contributed by atoms with E-state index in [-0.39, 0.29) is 23.3 Å². The van der Waals surface area contributed by atoms with Crippen molar-refractivity contribution >= 4 is 27.5 Å². The first-order chi connectivity index (χ1) is 14.0. The number of benzene rings is 1. The maximum Gasteiger partial charge on any atom is 0.257 e. The molecule has 8 heteroatoms. The van der Waals surface area contributed by atoms with Crippen LogP contribution in [0.1, 0.15) is 20.8 Å². The van der Waals surface area contributed by atoms with Crippen LogP contribution in [0.25, 0.3) is 10.2 Å². The topological polar surface area (TPSA) is 83.8 Å². The second-order valence-electron chi connectivity index (χ2n) is 7.15. The number of morpholine rings is 1. The SMILES string of the molecule is Cn1cc(C(=O)NCc2ccc(O)cc2)c(=O)c2cc(CN3CCOCC3)sc21. The number of aryl methyl sites for hydroxylation is 1. The number of ether oxygens (including phenoxy) is 1. The maximum absolute atomic E-state index is 12.9. The summed E-state index contributed by atoms with van der Waals surface area (Å²) in [6.07, 6.45) is 1.60. The van der Waals surface area contributed by atoms with E-state index in [1.807, 2.05) is 17.7 Å². The minimum absolute atomic E-state index is 0.134. The van der Waals surface area contributed by atoms with Crippen LogP contribution in [-0.4, -0.2) is 46.8 Å². The lowest BCUT2D eigenvalue weighted by molar-refractivity contribution is 0.0346. The van der Waals surface area contributed by atoms with E-state index < -0.39 is 5.91 Å². The van der Waals surface area contributed by atoms with Gasteiger partial charge in [-0.15, -0.1) is 11.3 Å². The van der Waals surface area contributed by atoms with Gasteiger partial charge in [-0.05, 0) is 23.8 Å². The Labute approximate surface area is 172 Å². The lowest BCUT2D eigenvalue weighted by atomic mass is 10.1. The first-order valence-electron chi connectivity index (χ1n) is 9.49. The van der Waals surface area contributed by atoms with E-state index in [0.29, 0.717) is 5.39 Å². The van der Waals surface area contributed by atoms with Crippen LogP contribution in [0.2, 0.25) is 0 Å². The van der Waals surface area contributed by atoms with Crippen molar-refractivity contribution in [3.05, 3.63) is 62.8 Å². The monoisotopic (exact) mass is 413 g/mol. The van der Waals surface area contributed by atoms with Crippen LogP contribution in [0.3, 0.4) is 0 Å².